The maximum absolute atomic E-state index is 14.7. The first kappa shape index (κ1) is 25.3. The van der Waals surface area contributed by atoms with Gasteiger partial charge in [0.2, 0.25) is 5.82 Å². The molecule has 2 aromatic rings. The summed E-state index contributed by atoms with van der Waals surface area (Å²) in [5.41, 5.74) is 1.49. The number of aryl methyl sites for hydroxylation is 2. The number of nitrogens with zero attached hydrogens (tertiary/aromatic N) is 5. The fourth-order valence-electron chi connectivity index (χ4n) is 4.44. The van der Waals surface area contributed by atoms with Crippen molar-refractivity contribution in [2.24, 2.45) is 0 Å². The molecule has 2 fully saturated rings. The molecule has 0 aliphatic carbocycles. The minimum Gasteiger partial charge on any atom is -0.360 e. The van der Waals surface area contributed by atoms with Gasteiger partial charge in [0.15, 0.2) is 0 Å². The maximum Gasteiger partial charge on any atom is 0.332 e. The SMILES string of the molecule is Cc1nc(C)c([N+](=O)[O-])c(NCc2ccc(CN3C[C@@H]4C[C@H]3CN4C)cc2F)n1.S.S. The normalized spacial score (nSPS) is 20.3. The molecule has 1 N–H and O–H groups in total. The van der Waals surface area contributed by atoms with E-state index in [0.717, 1.165) is 25.2 Å². The molecule has 1 aromatic carbocycles. The molecule has 170 valence electrons. The average Bonchev–Trinajstić information content (AvgIpc) is 3.19. The Bertz CT molecular complexity index is 962. The number of rotatable bonds is 6. The van der Waals surface area contributed by atoms with Crippen LogP contribution in [0.2, 0.25) is 0 Å². The molecular weight excluding hydrogens is 439 g/mol. The largest absolute Gasteiger partial charge is 0.360 e. The lowest BCUT2D eigenvalue weighted by Crippen LogP contribution is -2.43. The third kappa shape index (κ3) is 5.28. The van der Waals surface area contributed by atoms with E-state index in [4.69, 9.17) is 0 Å². The number of nitrogens with one attached hydrogen (secondary N) is 1. The molecule has 0 unspecified atom stereocenters. The first-order chi connectivity index (χ1) is 13.8. The summed E-state index contributed by atoms with van der Waals surface area (Å²) in [6, 6.07) is 6.41. The predicted molar refractivity (Wildman–Crippen MR) is 128 cm³/mol. The van der Waals surface area contributed by atoms with Crippen molar-refractivity contribution in [1.82, 2.24) is 19.8 Å². The third-order valence-corrected chi connectivity index (χ3v) is 5.93. The first-order valence-electron chi connectivity index (χ1n) is 9.77. The molecule has 1 aromatic heterocycles. The van der Waals surface area contributed by atoms with Gasteiger partial charge in [-0.3, -0.25) is 15.0 Å². The summed E-state index contributed by atoms with van der Waals surface area (Å²) < 4.78 is 14.7. The highest BCUT2D eigenvalue weighted by molar-refractivity contribution is 7.59. The number of anilines is 1. The van der Waals surface area contributed by atoms with Gasteiger partial charge in [-0.25, -0.2) is 14.4 Å². The average molecular weight is 469 g/mol. The minimum absolute atomic E-state index is 0. The Morgan fingerprint density at radius 2 is 1.97 bits per heavy atom. The van der Waals surface area contributed by atoms with Crippen LogP contribution in [0.3, 0.4) is 0 Å². The molecule has 2 bridgehead atoms. The van der Waals surface area contributed by atoms with E-state index in [1.807, 2.05) is 6.07 Å². The van der Waals surface area contributed by atoms with Gasteiger partial charge >= 0.3 is 5.69 Å². The summed E-state index contributed by atoms with van der Waals surface area (Å²) in [5.74, 6) is 0.222. The fraction of sp³-hybridized carbons (Fsp3) is 0.500. The number of aromatic nitrogens is 2. The summed E-state index contributed by atoms with van der Waals surface area (Å²) >= 11 is 0. The van der Waals surface area contributed by atoms with Crippen molar-refractivity contribution in [2.75, 3.05) is 25.5 Å². The second-order valence-corrected chi connectivity index (χ2v) is 8.00. The summed E-state index contributed by atoms with van der Waals surface area (Å²) in [6.45, 7) is 6.20. The molecule has 2 aliphatic heterocycles. The van der Waals surface area contributed by atoms with Crippen molar-refractivity contribution in [3.8, 4) is 0 Å². The van der Waals surface area contributed by atoms with Crippen LogP contribution in [0, 0.1) is 29.8 Å². The van der Waals surface area contributed by atoms with Crippen LogP contribution < -0.4 is 5.32 Å². The predicted octanol–water partition coefficient (Wildman–Crippen LogP) is 2.87. The van der Waals surface area contributed by atoms with Crippen LogP contribution in [0.25, 0.3) is 0 Å². The van der Waals surface area contributed by atoms with Gasteiger partial charge in [0.1, 0.15) is 17.3 Å². The standard InChI is InChI=1S/C20H25FN6O2.2H2S/c1-12-19(27(28)29)20(24-13(2)23-12)22-8-15-5-4-14(6-18(15)21)9-26-11-16-7-17(26)10-25(16)3;;/h4-6,16-17H,7-11H2,1-3H3,(H,22,23,24);2*1H2/t16-,17-;;/m0../s1. The van der Waals surface area contributed by atoms with E-state index in [-0.39, 0.29) is 56.6 Å². The first-order valence-corrected chi connectivity index (χ1v) is 9.77. The number of likely N-dealkylation sites (tertiary alicyclic amines) is 2. The van der Waals surface area contributed by atoms with Gasteiger partial charge in [-0.2, -0.15) is 27.0 Å². The lowest BCUT2D eigenvalue weighted by Gasteiger charge is -2.31. The molecule has 0 spiro atoms. The minimum atomic E-state index is -0.516. The number of benzene rings is 1. The molecule has 3 heterocycles. The molecule has 2 saturated heterocycles. The van der Waals surface area contributed by atoms with E-state index in [1.165, 1.54) is 6.42 Å². The van der Waals surface area contributed by atoms with Crippen LogP contribution in [0.1, 0.15) is 29.1 Å². The van der Waals surface area contributed by atoms with Crippen LogP contribution in [0.5, 0.6) is 0 Å². The highest BCUT2D eigenvalue weighted by Crippen LogP contribution is 2.31. The van der Waals surface area contributed by atoms with Crippen LogP contribution in [-0.2, 0) is 13.1 Å². The van der Waals surface area contributed by atoms with Crippen molar-refractivity contribution >= 4 is 38.5 Å². The molecule has 0 radical (unpaired) electrons. The van der Waals surface area contributed by atoms with Gasteiger partial charge in [-0.05, 0) is 38.9 Å². The third-order valence-electron chi connectivity index (χ3n) is 5.93. The van der Waals surface area contributed by atoms with Crippen molar-refractivity contribution < 1.29 is 9.31 Å². The Balaban J connectivity index is 0.00000171. The van der Waals surface area contributed by atoms with Gasteiger partial charge in [-0.1, -0.05) is 12.1 Å². The smallest absolute Gasteiger partial charge is 0.332 e. The highest BCUT2D eigenvalue weighted by Gasteiger charge is 2.41. The Hall–Kier alpha value is -1.95. The molecule has 0 saturated carbocycles. The van der Waals surface area contributed by atoms with E-state index in [1.54, 1.807) is 26.0 Å². The summed E-state index contributed by atoms with van der Waals surface area (Å²) in [6.07, 6.45) is 1.19. The topological polar surface area (TPSA) is 87.4 Å². The zero-order valence-electron chi connectivity index (χ0n) is 17.9. The monoisotopic (exact) mass is 468 g/mol. The lowest BCUT2D eigenvalue weighted by atomic mass is 10.1. The number of halogens is 1. The summed E-state index contributed by atoms with van der Waals surface area (Å²) in [5, 5.41) is 14.2. The van der Waals surface area contributed by atoms with Crippen molar-refractivity contribution in [2.45, 2.75) is 45.4 Å². The van der Waals surface area contributed by atoms with Crippen molar-refractivity contribution in [3.05, 3.63) is 56.8 Å². The Labute approximate surface area is 195 Å². The number of nitro groups is 1. The van der Waals surface area contributed by atoms with Gasteiger partial charge in [0.25, 0.3) is 0 Å². The number of hydrogen-bond acceptors (Lipinski definition) is 7. The number of fused-ring (bicyclic) bond motifs is 2. The molecule has 8 nitrogen and oxygen atoms in total. The van der Waals surface area contributed by atoms with Gasteiger partial charge in [-0.15, -0.1) is 0 Å². The Morgan fingerprint density at radius 1 is 1.23 bits per heavy atom. The molecule has 4 rings (SSSR count). The van der Waals surface area contributed by atoms with Gasteiger partial charge < -0.3 is 10.2 Å². The van der Waals surface area contributed by atoms with Gasteiger partial charge in [0, 0.05) is 43.8 Å². The van der Waals surface area contributed by atoms with E-state index >= 15 is 0 Å². The lowest BCUT2D eigenvalue weighted by molar-refractivity contribution is -0.385. The van der Waals surface area contributed by atoms with Gasteiger partial charge in [0.05, 0.1) is 4.92 Å². The second kappa shape index (κ2) is 10.1. The van der Waals surface area contributed by atoms with Crippen LogP contribution in [-0.4, -0.2) is 56.9 Å². The molecule has 11 heteroatoms. The molecule has 2 atom stereocenters. The number of piperazine rings is 1. The van der Waals surface area contributed by atoms with Crippen molar-refractivity contribution in [3.63, 3.8) is 0 Å². The van der Waals surface area contributed by atoms with Crippen LogP contribution in [0.15, 0.2) is 18.2 Å². The molecule has 31 heavy (non-hydrogen) atoms. The Kier molecular flexibility index (Phi) is 8.26. The van der Waals surface area contributed by atoms with Crippen LogP contribution >= 0.6 is 27.0 Å². The zero-order chi connectivity index (χ0) is 20.7. The number of hydrogen-bond donors (Lipinski definition) is 1. The summed E-state index contributed by atoms with van der Waals surface area (Å²) in [4.78, 5) is 23.8. The summed E-state index contributed by atoms with van der Waals surface area (Å²) in [7, 11) is 2.16. The van der Waals surface area contributed by atoms with E-state index < -0.39 is 4.92 Å². The quantitative estimate of drug-likeness (QED) is 0.515. The van der Waals surface area contributed by atoms with Crippen LogP contribution in [0.4, 0.5) is 15.9 Å². The van der Waals surface area contributed by atoms with E-state index in [9.17, 15) is 14.5 Å². The highest BCUT2D eigenvalue weighted by atomic mass is 32.1. The van der Waals surface area contributed by atoms with E-state index in [2.05, 4.69) is 32.1 Å². The molecule has 2 aliphatic rings. The fourth-order valence-corrected chi connectivity index (χ4v) is 4.44. The molecular formula is C20H29FN6O2S2. The zero-order valence-corrected chi connectivity index (χ0v) is 19.9. The molecule has 0 amide bonds. The second-order valence-electron chi connectivity index (χ2n) is 8.00. The van der Waals surface area contributed by atoms with Crippen molar-refractivity contribution in [1.29, 1.82) is 0 Å². The maximum atomic E-state index is 14.7. The Morgan fingerprint density at radius 3 is 2.55 bits per heavy atom. The van der Waals surface area contributed by atoms with E-state index in [0.29, 0.717) is 23.5 Å². The number of likely N-dealkylation sites (N-methyl/N-ethyl adjacent to an activating group) is 1.